The van der Waals surface area contributed by atoms with E-state index in [0.717, 1.165) is 46.7 Å². The van der Waals surface area contributed by atoms with Gasteiger partial charge < -0.3 is 10.6 Å². The first-order valence-corrected chi connectivity index (χ1v) is 12.5. The quantitative estimate of drug-likeness (QED) is 0.572. The number of pyridine rings is 1. The van der Waals surface area contributed by atoms with Crippen molar-refractivity contribution in [1.29, 1.82) is 0 Å². The number of aromatic nitrogens is 1. The van der Waals surface area contributed by atoms with Gasteiger partial charge in [-0.2, -0.15) is 0 Å². The van der Waals surface area contributed by atoms with Crippen LogP contribution in [0.3, 0.4) is 0 Å². The van der Waals surface area contributed by atoms with Gasteiger partial charge in [0, 0.05) is 29.4 Å². The van der Waals surface area contributed by atoms with Gasteiger partial charge in [-0.3, -0.25) is 14.6 Å². The van der Waals surface area contributed by atoms with Crippen molar-refractivity contribution >= 4 is 35.6 Å². The maximum atomic E-state index is 13.9. The molecule has 3 aromatic rings. The van der Waals surface area contributed by atoms with Crippen LogP contribution >= 0.6 is 11.6 Å². The number of piperidine rings is 1. The molecule has 1 atom stereocenters. The molecule has 2 aliphatic rings. The third-order valence-corrected chi connectivity index (χ3v) is 7.36. The summed E-state index contributed by atoms with van der Waals surface area (Å²) in [5, 5.41) is 1.72. The van der Waals surface area contributed by atoms with Crippen LogP contribution in [0.15, 0.2) is 54.6 Å². The second-order valence-electron chi connectivity index (χ2n) is 9.29. The number of benzene rings is 2. The molecule has 2 heterocycles. The maximum Gasteiger partial charge on any atom is 0.256 e. The molecule has 2 amide bonds. The molecule has 178 valence electrons. The Morgan fingerprint density at radius 3 is 2.37 bits per heavy atom. The van der Waals surface area contributed by atoms with Crippen LogP contribution in [0.4, 0.5) is 0 Å². The SMILES string of the molecule is Cc1nc2c(c(-c3ccccc3)c1C(=O)N1CCC(c3ccc(C(N)=O)cc3)CC1)=CC(Cl)CC=2. The van der Waals surface area contributed by atoms with Crippen molar-refractivity contribution in [3.63, 3.8) is 0 Å². The van der Waals surface area contributed by atoms with Gasteiger partial charge in [0.2, 0.25) is 5.91 Å². The summed E-state index contributed by atoms with van der Waals surface area (Å²) in [7, 11) is 0. The molecule has 1 unspecified atom stereocenters. The van der Waals surface area contributed by atoms with E-state index in [1.807, 2.05) is 60.4 Å². The molecule has 5 nitrogen and oxygen atoms in total. The highest BCUT2D eigenvalue weighted by molar-refractivity contribution is 6.24. The number of alkyl halides is 1. The highest BCUT2D eigenvalue weighted by Gasteiger charge is 2.29. The molecule has 2 N–H and O–H groups in total. The highest BCUT2D eigenvalue weighted by Crippen LogP contribution is 2.30. The molecule has 1 saturated heterocycles. The van der Waals surface area contributed by atoms with Gasteiger partial charge in [0.1, 0.15) is 0 Å². The van der Waals surface area contributed by atoms with Gasteiger partial charge >= 0.3 is 0 Å². The molecule has 1 aliphatic heterocycles. The van der Waals surface area contributed by atoms with Crippen LogP contribution in [-0.4, -0.2) is 40.2 Å². The molecule has 0 saturated carbocycles. The fraction of sp³-hybridized carbons (Fsp3) is 0.276. The van der Waals surface area contributed by atoms with Gasteiger partial charge in [0.25, 0.3) is 5.91 Å². The molecule has 0 spiro atoms. The predicted octanol–water partition coefficient (Wildman–Crippen LogP) is 3.75. The van der Waals surface area contributed by atoms with Crippen molar-refractivity contribution in [2.45, 2.75) is 37.5 Å². The Balaban J connectivity index is 1.46. The number of carbonyl (C=O) groups is 2. The largest absolute Gasteiger partial charge is 0.366 e. The molecule has 1 aliphatic carbocycles. The van der Waals surface area contributed by atoms with Crippen molar-refractivity contribution < 1.29 is 9.59 Å². The number of nitrogens with zero attached hydrogens (tertiary/aromatic N) is 2. The number of halogens is 1. The summed E-state index contributed by atoms with van der Waals surface area (Å²) >= 11 is 6.49. The van der Waals surface area contributed by atoms with E-state index in [-0.39, 0.29) is 11.3 Å². The van der Waals surface area contributed by atoms with Crippen molar-refractivity contribution in [1.82, 2.24) is 9.88 Å². The maximum absolute atomic E-state index is 13.9. The monoisotopic (exact) mass is 485 g/mol. The number of likely N-dealkylation sites (tertiary alicyclic amines) is 1. The predicted molar refractivity (Wildman–Crippen MR) is 140 cm³/mol. The van der Waals surface area contributed by atoms with Crippen LogP contribution in [0.25, 0.3) is 23.3 Å². The third kappa shape index (κ3) is 4.61. The Hall–Kier alpha value is -3.44. The zero-order valence-electron chi connectivity index (χ0n) is 19.7. The minimum absolute atomic E-state index is 0.0178. The second-order valence-corrected chi connectivity index (χ2v) is 9.85. The summed E-state index contributed by atoms with van der Waals surface area (Å²) < 4.78 is 0. The molecule has 0 bridgehead atoms. The first kappa shape index (κ1) is 23.3. The molecule has 0 radical (unpaired) electrons. The van der Waals surface area contributed by atoms with Crippen LogP contribution in [-0.2, 0) is 0 Å². The van der Waals surface area contributed by atoms with Crippen molar-refractivity contribution in [2.24, 2.45) is 5.73 Å². The Morgan fingerprint density at radius 2 is 1.71 bits per heavy atom. The summed E-state index contributed by atoms with van der Waals surface area (Å²) in [6.45, 7) is 3.26. The normalized spacial score (nSPS) is 17.8. The minimum Gasteiger partial charge on any atom is -0.366 e. The zero-order chi connectivity index (χ0) is 24.5. The highest BCUT2D eigenvalue weighted by atomic mass is 35.5. The number of nitrogens with two attached hydrogens (primary N) is 1. The van der Waals surface area contributed by atoms with E-state index in [2.05, 4.69) is 6.08 Å². The Bertz CT molecular complexity index is 1390. The lowest BCUT2D eigenvalue weighted by atomic mass is 9.88. The fourth-order valence-corrected chi connectivity index (χ4v) is 5.41. The molecule has 6 heteroatoms. The first-order valence-electron chi connectivity index (χ1n) is 12.0. The van der Waals surface area contributed by atoms with Crippen LogP contribution in [0.5, 0.6) is 0 Å². The number of fused-ring (bicyclic) bond motifs is 1. The average Bonchev–Trinajstić information content (AvgIpc) is 2.88. The first-order chi connectivity index (χ1) is 16.9. The Kier molecular flexibility index (Phi) is 6.44. The summed E-state index contributed by atoms with van der Waals surface area (Å²) in [4.78, 5) is 32.0. The van der Waals surface area contributed by atoms with Crippen molar-refractivity contribution in [2.75, 3.05) is 13.1 Å². The second kappa shape index (κ2) is 9.67. The fourth-order valence-electron chi connectivity index (χ4n) is 5.20. The number of aryl methyl sites for hydroxylation is 1. The van der Waals surface area contributed by atoms with Gasteiger partial charge in [0.15, 0.2) is 0 Å². The summed E-state index contributed by atoms with van der Waals surface area (Å²) in [6.07, 6.45) is 6.56. The molecule has 5 rings (SSSR count). The minimum atomic E-state index is -0.421. The lowest BCUT2D eigenvalue weighted by molar-refractivity contribution is 0.0712. The number of hydrogen-bond donors (Lipinski definition) is 1. The van der Waals surface area contributed by atoms with E-state index < -0.39 is 5.91 Å². The number of primary amides is 1. The molecule has 1 aromatic heterocycles. The van der Waals surface area contributed by atoms with E-state index in [1.54, 1.807) is 12.1 Å². The van der Waals surface area contributed by atoms with Crippen LogP contribution < -0.4 is 16.3 Å². The number of hydrogen-bond acceptors (Lipinski definition) is 3. The van der Waals surface area contributed by atoms with Crippen LogP contribution in [0.1, 0.15) is 57.2 Å². The lowest BCUT2D eigenvalue weighted by Gasteiger charge is -2.33. The molecular formula is C29H28ClN3O2. The van der Waals surface area contributed by atoms with E-state index >= 15 is 0 Å². The molecule has 2 aromatic carbocycles. The van der Waals surface area contributed by atoms with Crippen molar-refractivity contribution in [3.8, 4) is 11.1 Å². The summed E-state index contributed by atoms with van der Waals surface area (Å²) in [6, 6.07) is 17.6. The number of amides is 2. The van der Waals surface area contributed by atoms with Crippen molar-refractivity contribution in [3.05, 3.63) is 87.5 Å². The lowest BCUT2D eigenvalue weighted by Crippen LogP contribution is -2.42. The Labute approximate surface area is 209 Å². The summed E-state index contributed by atoms with van der Waals surface area (Å²) in [5.41, 5.74) is 10.4. The van der Waals surface area contributed by atoms with E-state index in [9.17, 15) is 9.59 Å². The van der Waals surface area contributed by atoms with E-state index in [1.165, 1.54) is 5.56 Å². The van der Waals surface area contributed by atoms with Gasteiger partial charge in [0.05, 0.1) is 22.0 Å². The van der Waals surface area contributed by atoms with Gasteiger partial charge in [-0.1, -0.05) is 54.6 Å². The average molecular weight is 486 g/mol. The topological polar surface area (TPSA) is 76.3 Å². The summed E-state index contributed by atoms with van der Waals surface area (Å²) in [5.74, 6) is -0.0583. The van der Waals surface area contributed by atoms with Gasteiger partial charge in [-0.05, 0) is 55.4 Å². The smallest absolute Gasteiger partial charge is 0.256 e. The van der Waals surface area contributed by atoms with E-state index in [4.69, 9.17) is 22.3 Å². The molecule has 1 fully saturated rings. The number of rotatable bonds is 4. The molecular weight excluding hydrogens is 458 g/mol. The molecule has 35 heavy (non-hydrogen) atoms. The van der Waals surface area contributed by atoms with Crippen LogP contribution in [0, 0.1) is 6.92 Å². The standard InChI is InChI=1S/C29H28ClN3O2/c1-18-26(27(21-5-3-2-4-6-21)24-17-23(30)11-12-25(24)32-18)29(35)33-15-13-20(14-16-33)19-7-9-22(10-8-19)28(31)34/h2-10,12,17,20,23H,11,13-16H2,1H3,(H2,31,34). The Morgan fingerprint density at radius 1 is 1.03 bits per heavy atom. The van der Waals surface area contributed by atoms with E-state index in [0.29, 0.717) is 30.1 Å². The zero-order valence-corrected chi connectivity index (χ0v) is 20.5. The van der Waals surface area contributed by atoms with Crippen LogP contribution in [0.2, 0.25) is 0 Å². The third-order valence-electron chi connectivity index (χ3n) is 7.05. The number of carbonyl (C=O) groups excluding carboxylic acids is 2. The van der Waals surface area contributed by atoms with Gasteiger partial charge in [-0.25, -0.2) is 0 Å². The van der Waals surface area contributed by atoms with Gasteiger partial charge in [-0.15, -0.1) is 11.6 Å².